The monoisotopic (exact) mass is 317 g/mol. The summed E-state index contributed by atoms with van der Waals surface area (Å²) in [5.41, 5.74) is 2.93. The molecule has 0 saturated heterocycles. The van der Waals surface area contributed by atoms with E-state index >= 15 is 0 Å². The van der Waals surface area contributed by atoms with E-state index in [4.69, 9.17) is 11.6 Å². The molecule has 0 fully saturated rings. The topological polar surface area (TPSA) is 54.0 Å². The van der Waals surface area contributed by atoms with Crippen molar-refractivity contribution in [3.8, 4) is 0 Å². The summed E-state index contributed by atoms with van der Waals surface area (Å²) in [6.45, 7) is 4.88. The van der Waals surface area contributed by atoms with Crippen LogP contribution in [-0.4, -0.2) is 17.4 Å². The fourth-order valence-corrected chi connectivity index (χ4v) is 2.18. The zero-order chi connectivity index (χ0) is 15.9. The SMILES string of the molecule is CCCCNc1cncc(C(=O)Nc2cccc(Cl)c2C)c1. The molecule has 4 nitrogen and oxygen atoms in total. The number of nitrogens with zero attached hydrogens (tertiary/aromatic N) is 1. The van der Waals surface area contributed by atoms with Gasteiger partial charge in [0.05, 0.1) is 11.3 Å². The van der Waals surface area contributed by atoms with Crippen LogP contribution in [0.4, 0.5) is 11.4 Å². The third-order valence-corrected chi connectivity index (χ3v) is 3.79. The Balaban J connectivity index is 2.09. The van der Waals surface area contributed by atoms with Gasteiger partial charge in [-0.1, -0.05) is 31.0 Å². The van der Waals surface area contributed by atoms with Gasteiger partial charge in [-0.2, -0.15) is 0 Å². The second-order valence-electron chi connectivity index (χ2n) is 5.11. The lowest BCUT2D eigenvalue weighted by molar-refractivity contribution is 0.102. The van der Waals surface area contributed by atoms with E-state index < -0.39 is 0 Å². The molecule has 0 unspecified atom stereocenters. The van der Waals surface area contributed by atoms with Gasteiger partial charge in [-0.25, -0.2) is 0 Å². The normalized spacial score (nSPS) is 10.3. The molecule has 0 aliphatic rings. The molecular weight excluding hydrogens is 298 g/mol. The van der Waals surface area contributed by atoms with Gasteiger partial charge in [0.2, 0.25) is 0 Å². The number of carbonyl (C=O) groups is 1. The molecule has 0 aliphatic heterocycles. The minimum Gasteiger partial charge on any atom is -0.384 e. The summed E-state index contributed by atoms with van der Waals surface area (Å²) in [6.07, 6.45) is 5.48. The van der Waals surface area contributed by atoms with Crippen LogP contribution in [-0.2, 0) is 0 Å². The summed E-state index contributed by atoms with van der Waals surface area (Å²) in [4.78, 5) is 16.5. The van der Waals surface area contributed by atoms with Gasteiger partial charge in [0.1, 0.15) is 0 Å². The number of nitrogens with one attached hydrogen (secondary N) is 2. The average Bonchev–Trinajstić information content (AvgIpc) is 2.52. The quantitative estimate of drug-likeness (QED) is 0.771. The maximum Gasteiger partial charge on any atom is 0.257 e. The zero-order valence-corrected chi connectivity index (χ0v) is 13.6. The molecule has 2 N–H and O–H groups in total. The largest absolute Gasteiger partial charge is 0.384 e. The minimum atomic E-state index is -0.197. The van der Waals surface area contributed by atoms with Crippen molar-refractivity contribution in [3.05, 3.63) is 52.8 Å². The van der Waals surface area contributed by atoms with Crippen LogP contribution in [0.15, 0.2) is 36.7 Å². The lowest BCUT2D eigenvalue weighted by atomic mass is 10.2. The molecular formula is C17H20ClN3O. The van der Waals surface area contributed by atoms with Gasteiger partial charge in [0.15, 0.2) is 0 Å². The molecule has 0 saturated carbocycles. The summed E-state index contributed by atoms with van der Waals surface area (Å²) < 4.78 is 0. The third-order valence-electron chi connectivity index (χ3n) is 3.38. The lowest BCUT2D eigenvalue weighted by Gasteiger charge is -2.10. The maximum absolute atomic E-state index is 12.3. The summed E-state index contributed by atoms with van der Waals surface area (Å²) in [5.74, 6) is -0.197. The number of aromatic nitrogens is 1. The summed E-state index contributed by atoms with van der Waals surface area (Å²) in [7, 11) is 0. The maximum atomic E-state index is 12.3. The molecule has 0 radical (unpaired) electrons. The highest BCUT2D eigenvalue weighted by Gasteiger charge is 2.10. The van der Waals surface area contributed by atoms with Gasteiger partial charge in [-0.3, -0.25) is 9.78 Å². The van der Waals surface area contributed by atoms with Gasteiger partial charge < -0.3 is 10.6 Å². The van der Waals surface area contributed by atoms with E-state index in [9.17, 15) is 4.79 Å². The molecule has 0 atom stereocenters. The summed E-state index contributed by atoms with van der Waals surface area (Å²) in [5, 5.41) is 6.76. The summed E-state index contributed by atoms with van der Waals surface area (Å²) >= 11 is 6.07. The van der Waals surface area contributed by atoms with Crippen LogP contribution < -0.4 is 10.6 Å². The van der Waals surface area contributed by atoms with Crippen molar-refractivity contribution in [2.24, 2.45) is 0 Å². The molecule has 1 amide bonds. The third kappa shape index (κ3) is 4.21. The van der Waals surface area contributed by atoms with Crippen molar-refractivity contribution in [3.63, 3.8) is 0 Å². The minimum absolute atomic E-state index is 0.197. The number of pyridine rings is 1. The first kappa shape index (κ1) is 16.3. The Bertz CT molecular complexity index is 658. The van der Waals surface area contributed by atoms with Crippen molar-refractivity contribution in [1.29, 1.82) is 0 Å². The molecule has 22 heavy (non-hydrogen) atoms. The first-order valence-electron chi connectivity index (χ1n) is 7.37. The van der Waals surface area contributed by atoms with Gasteiger partial charge in [-0.05, 0) is 37.1 Å². The predicted molar refractivity (Wildman–Crippen MR) is 91.8 cm³/mol. The molecule has 116 valence electrons. The Labute approximate surface area is 135 Å². The Morgan fingerprint density at radius 3 is 2.91 bits per heavy atom. The van der Waals surface area contributed by atoms with Crippen molar-refractivity contribution in [2.45, 2.75) is 26.7 Å². The van der Waals surface area contributed by atoms with E-state index in [1.165, 1.54) is 0 Å². The van der Waals surface area contributed by atoms with Crippen LogP contribution in [0.3, 0.4) is 0 Å². The number of unbranched alkanes of at least 4 members (excludes halogenated alkanes) is 1. The van der Waals surface area contributed by atoms with Crippen molar-refractivity contribution in [1.82, 2.24) is 4.98 Å². The Hall–Kier alpha value is -2.07. The van der Waals surface area contributed by atoms with E-state index in [2.05, 4.69) is 22.5 Å². The molecule has 1 heterocycles. The first-order valence-corrected chi connectivity index (χ1v) is 7.75. The molecule has 5 heteroatoms. The highest BCUT2D eigenvalue weighted by atomic mass is 35.5. The Kier molecular flexibility index (Phi) is 5.78. The van der Waals surface area contributed by atoms with E-state index in [1.807, 2.05) is 19.1 Å². The van der Waals surface area contributed by atoms with E-state index in [0.717, 1.165) is 30.6 Å². The van der Waals surface area contributed by atoms with Crippen LogP contribution in [0.25, 0.3) is 0 Å². The van der Waals surface area contributed by atoms with Crippen molar-refractivity contribution >= 4 is 28.9 Å². The number of hydrogen-bond acceptors (Lipinski definition) is 3. The van der Waals surface area contributed by atoms with E-state index in [0.29, 0.717) is 16.3 Å². The molecule has 0 bridgehead atoms. The number of benzene rings is 1. The fourth-order valence-electron chi connectivity index (χ4n) is 2.01. The number of hydrogen-bond donors (Lipinski definition) is 2. The second kappa shape index (κ2) is 7.80. The van der Waals surface area contributed by atoms with Crippen LogP contribution >= 0.6 is 11.6 Å². The van der Waals surface area contributed by atoms with E-state index in [1.54, 1.807) is 24.5 Å². The molecule has 2 rings (SSSR count). The van der Waals surface area contributed by atoms with Crippen LogP contribution in [0.1, 0.15) is 35.7 Å². The molecule has 0 spiro atoms. The molecule has 1 aromatic heterocycles. The lowest BCUT2D eigenvalue weighted by Crippen LogP contribution is -2.14. The van der Waals surface area contributed by atoms with Gasteiger partial charge in [-0.15, -0.1) is 0 Å². The van der Waals surface area contributed by atoms with Crippen molar-refractivity contribution in [2.75, 3.05) is 17.2 Å². The highest BCUT2D eigenvalue weighted by molar-refractivity contribution is 6.31. The Morgan fingerprint density at radius 1 is 1.32 bits per heavy atom. The smallest absolute Gasteiger partial charge is 0.257 e. The van der Waals surface area contributed by atoms with Crippen LogP contribution in [0.5, 0.6) is 0 Å². The van der Waals surface area contributed by atoms with Crippen LogP contribution in [0, 0.1) is 6.92 Å². The standard InChI is InChI=1S/C17H20ClN3O/c1-3-4-8-20-14-9-13(10-19-11-14)17(22)21-16-7-5-6-15(18)12(16)2/h5-7,9-11,20H,3-4,8H2,1-2H3,(H,21,22). The molecule has 2 aromatic rings. The van der Waals surface area contributed by atoms with Crippen LogP contribution in [0.2, 0.25) is 5.02 Å². The first-order chi connectivity index (χ1) is 10.6. The number of anilines is 2. The molecule has 1 aromatic carbocycles. The van der Waals surface area contributed by atoms with Gasteiger partial charge >= 0.3 is 0 Å². The average molecular weight is 318 g/mol. The zero-order valence-electron chi connectivity index (χ0n) is 12.8. The highest BCUT2D eigenvalue weighted by Crippen LogP contribution is 2.23. The fraction of sp³-hybridized carbons (Fsp3) is 0.294. The second-order valence-corrected chi connectivity index (χ2v) is 5.52. The number of amides is 1. The van der Waals surface area contributed by atoms with E-state index in [-0.39, 0.29) is 5.91 Å². The Morgan fingerprint density at radius 2 is 2.14 bits per heavy atom. The van der Waals surface area contributed by atoms with Crippen molar-refractivity contribution < 1.29 is 4.79 Å². The predicted octanol–water partition coefficient (Wildman–Crippen LogP) is 4.51. The number of halogens is 1. The number of rotatable bonds is 6. The van der Waals surface area contributed by atoms with Gasteiger partial charge in [0.25, 0.3) is 5.91 Å². The number of carbonyl (C=O) groups excluding carboxylic acids is 1. The molecule has 0 aliphatic carbocycles. The van der Waals surface area contributed by atoms with Gasteiger partial charge in [0, 0.05) is 29.6 Å². The summed E-state index contributed by atoms with van der Waals surface area (Å²) in [6, 6.07) is 7.24.